The maximum Gasteiger partial charge on any atom is 0.132 e. The van der Waals surface area contributed by atoms with Crippen LogP contribution in [0.15, 0.2) is 24.3 Å². The molecule has 2 aromatic rings. The number of hydrogen-bond acceptors (Lipinski definition) is 1. The molecule has 0 aliphatic carbocycles. The molecular weight excluding hydrogens is 242 g/mol. The molecule has 2 heteroatoms. The van der Waals surface area contributed by atoms with E-state index in [9.17, 15) is 0 Å². The summed E-state index contributed by atoms with van der Waals surface area (Å²) in [6, 6.07) is 8.71. The predicted octanol–water partition coefficient (Wildman–Crippen LogP) is 5.18. The van der Waals surface area contributed by atoms with Gasteiger partial charge in [-0.25, -0.2) is 4.98 Å². The minimum Gasteiger partial charge on any atom is -0.236 e. The van der Waals surface area contributed by atoms with E-state index in [1.807, 2.05) is 0 Å². The highest BCUT2D eigenvalue weighted by molar-refractivity contribution is 6.30. The third-order valence-electron chi connectivity index (χ3n) is 3.24. The highest BCUT2D eigenvalue weighted by atomic mass is 35.5. The van der Waals surface area contributed by atoms with Crippen LogP contribution >= 0.6 is 11.6 Å². The zero-order valence-electron chi connectivity index (χ0n) is 11.2. The first kappa shape index (κ1) is 13.4. The van der Waals surface area contributed by atoms with E-state index in [0.717, 1.165) is 24.8 Å². The van der Waals surface area contributed by atoms with Crippen molar-refractivity contribution in [3.05, 3.63) is 40.5 Å². The van der Waals surface area contributed by atoms with E-state index in [4.69, 9.17) is 11.6 Å². The lowest BCUT2D eigenvalue weighted by atomic mass is 10.0. The molecule has 18 heavy (non-hydrogen) atoms. The molecule has 0 radical (unpaired) electrons. The lowest BCUT2D eigenvalue weighted by molar-refractivity contribution is 0.796. The summed E-state index contributed by atoms with van der Waals surface area (Å²) < 4.78 is 0. The van der Waals surface area contributed by atoms with Gasteiger partial charge in [0.1, 0.15) is 5.15 Å². The molecule has 0 saturated heterocycles. The second kappa shape index (κ2) is 6.19. The van der Waals surface area contributed by atoms with E-state index >= 15 is 0 Å². The molecule has 0 saturated carbocycles. The van der Waals surface area contributed by atoms with Gasteiger partial charge in [0.15, 0.2) is 0 Å². The summed E-state index contributed by atoms with van der Waals surface area (Å²) in [7, 11) is 0. The van der Waals surface area contributed by atoms with E-state index in [-0.39, 0.29) is 0 Å². The molecule has 0 aliphatic rings. The Kier molecular flexibility index (Phi) is 4.60. The number of nitrogens with zero attached hydrogens (tertiary/aromatic N) is 1. The topological polar surface area (TPSA) is 12.9 Å². The molecule has 2 rings (SSSR count). The number of rotatable bonds is 5. The van der Waals surface area contributed by atoms with Gasteiger partial charge in [-0.05, 0) is 48.6 Å². The maximum absolute atomic E-state index is 6.19. The van der Waals surface area contributed by atoms with Crippen molar-refractivity contribution in [1.29, 1.82) is 0 Å². The van der Waals surface area contributed by atoms with Crippen molar-refractivity contribution in [3.63, 3.8) is 0 Å². The first-order valence-corrected chi connectivity index (χ1v) is 7.20. The normalized spacial score (nSPS) is 11.1. The van der Waals surface area contributed by atoms with Crippen LogP contribution in [0.5, 0.6) is 0 Å². The molecule has 0 fully saturated rings. The third kappa shape index (κ3) is 3.02. The van der Waals surface area contributed by atoms with Gasteiger partial charge < -0.3 is 0 Å². The second-order valence-electron chi connectivity index (χ2n) is 4.82. The SMILES string of the molecule is CCCCc1ccc2nc(Cl)c(CCC)cc2c1. The minimum absolute atomic E-state index is 0.658. The van der Waals surface area contributed by atoms with Gasteiger partial charge in [-0.1, -0.05) is 44.4 Å². The van der Waals surface area contributed by atoms with Crippen LogP contribution in [0.25, 0.3) is 10.9 Å². The molecule has 0 unspecified atom stereocenters. The van der Waals surface area contributed by atoms with E-state index in [1.54, 1.807) is 0 Å². The van der Waals surface area contributed by atoms with Crippen molar-refractivity contribution in [2.45, 2.75) is 46.0 Å². The summed E-state index contributed by atoms with van der Waals surface area (Å²) in [4.78, 5) is 4.48. The Hall–Kier alpha value is -1.08. The number of aromatic nitrogens is 1. The van der Waals surface area contributed by atoms with Crippen LogP contribution in [0.4, 0.5) is 0 Å². The molecule has 0 bridgehead atoms. The first-order chi connectivity index (χ1) is 8.74. The van der Waals surface area contributed by atoms with Gasteiger partial charge in [-0.3, -0.25) is 0 Å². The highest BCUT2D eigenvalue weighted by Crippen LogP contribution is 2.23. The molecule has 96 valence electrons. The van der Waals surface area contributed by atoms with Gasteiger partial charge in [-0.2, -0.15) is 0 Å². The van der Waals surface area contributed by atoms with Crippen molar-refractivity contribution < 1.29 is 0 Å². The summed E-state index contributed by atoms with van der Waals surface area (Å²) in [5.41, 5.74) is 3.57. The Balaban J connectivity index is 2.38. The Morgan fingerprint density at radius 3 is 2.61 bits per heavy atom. The number of hydrogen-bond donors (Lipinski definition) is 0. The summed E-state index contributed by atoms with van der Waals surface area (Å²) in [5.74, 6) is 0. The second-order valence-corrected chi connectivity index (χ2v) is 5.18. The molecule has 1 aromatic heterocycles. The smallest absolute Gasteiger partial charge is 0.132 e. The van der Waals surface area contributed by atoms with Gasteiger partial charge >= 0.3 is 0 Å². The Morgan fingerprint density at radius 2 is 1.89 bits per heavy atom. The van der Waals surface area contributed by atoms with Crippen molar-refractivity contribution in [3.8, 4) is 0 Å². The van der Waals surface area contributed by atoms with Gasteiger partial charge in [0.05, 0.1) is 5.52 Å². The van der Waals surface area contributed by atoms with Crippen LogP contribution in [0, 0.1) is 0 Å². The van der Waals surface area contributed by atoms with E-state index in [0.29, 0.717) is 5.15 Å². The quantitative estimate of drug-likeness (QED) is 0.676. The number of fused-ring (bicyclic) bond motifs is 1. The van der Waals surface area contributed by atoms with Crippen molar-refractivity contribution in [2.24, 2.45) is 0 Å². The molecule has 1 nitrogen and oxygen atoms in total. The standard InChI is InChI=1S/C16H20ClN/c1-3-5-7-12-8-9-15-14(10-12)11-13(6-4-2)16(17)18-15/h8-11H,3-7H2,1-2H3. The van der Waals surface area contributed by atoms with Crippen LogP contribution in [0.3, 0.4) is 0 Å². The largest absolute Gasteiger partial charge is 0.236 e. The number of benzene rings is 1. The molecular formula is C16H20ClN. The average Bonchev–Trinajstić information content (AvgIpc) is 2.37. The molecule has 0 aliphatic heterocycles. The van der Waals surface area contributed by atoms with Crippen molar-refractivity contribution >= 4 is 22.5 Å². The van der Waals surface area contributed by atoms with Crippen molar-refractivity contribution in [1.82, 2.24) is 4.98 Å². The molecule has 0 spiro atoms. The van der Waals surface area contributed by atoms with E-state index < -0.39 is 0 Å². The van der Waals surface area contributed by atoms with Crippen LogP contribution in [-0.2, 0) is 12.8 Å². The fraction of sp³-hybridized carbons (Fsp3) is 0.438. The maximum atomic E-state index is 6.19. The van der Waals surface area contributed by atoms with Crippen molar-refractivity contribution in [2.75, 3.05) is 0 Å². The van der Waals surface area contributed by atoms with Crippen LogP contribution in [0.2, 0.25) is 5.15 Å². The summed E-state index contributed by atoms with van der Waals surface area (Å²) in [5, 5.41) is 1.88. The fourth-order valence-electron chi connectivity index (χ4n) is 2.23. The number of unbranched alkanes of at least 4 members (excludes halogenated alkanes) is 1. The zero-order chi connectivity index (χ0) is 13.0. The summed E-state index contributed by atoms with van der Waals surface area (Å²) in [6.07, 6.45) is 5.73. The lowest BCUT2D eigenvalue weighted by Crippen LogP contribution is -1.92. The van der Waals surface area contributed by atoms with Gasteiger partial charge in [0, 0.05) is 5.39 Å². The first-order valence-electron chi connectivity index (χ1n) is 6.82. The Labute approximate surface area is 114 Å². The minimum atomic E-state index is 0.658. The number of aryl methyl sites for hydroxylation is 2. The molecule has 0 atom stereocenters. The Morgan fingerprint density at radius 1 is 1.06 bits per heavy atom. The predicted molar refractivity (Wildman–Crippen MR) is 79.4 cm³/mol. The highest BCUT2D eigenvalue weighted by Gasteiger charge is 2.05. The fourth-order valence-corrected chi connectivity index (χ4v) is 2.47. The summed E-state index contributed by atoms with van der Waals surface area (Å²) in [6.45, 7) is 4.39. The third-order valence-corrected chi connectivity index (χ3v) is 3.57. The monoisotopic (exact) mass is 261 g/mol. The number of pyridine rings is 1. The van der Waals surface area contributed by atoms with E-state index in [1.165, 1.54) is 29.4 Å². The summed E-state index contributed by atoms with van der Waals surface area (Å²) >= 11 is 6.19. The van der Waals surface area contributed by atoms with Crippen LogP contribution in [-0.4, -0.2) is 4.98 Å². The van der Waals surface area contributed by atoms with Gasteiger partial charge in [-0.15, -0.1) is 0 Å². The molecule has 1 aromatic carbocycles. The van der Waals surface area contributed by atoms with Crippen LogP contribution < -0.4 is 0 Å². The number of halogens is 1. The molecule has 1 heterocycles. The average molecular weight is 262 g/mol. The van der Waals surface area contributed by atoms with Gasteiger partial charge in [0.2, 0.25) is 0 Å². The lowest BCUT2D eigenvalue weighted by Gasteiger charge is -2.07. The molecule has 0 N–H and O–H groups in total. The van der Waals surface area contributed by atoms with Gasteiger partial charge in [0.25, 0.3) is 0 Å². The van der Waals surface area contributed by atoms with Crippen LogP contribution in [0.1, 0.15) is 44.2 Å². The molecule has 0 amide bonds. The van der Waals surface area contributed by atoms with E-state index in [2.05, 4.69) is 43.1 Å². The Bertz CT molecular complexity index is 534. The zero-order valence-corrected chi connectivity index (χ0v) is 11.9.